The van der Waals surface area contributed by atoms with Crippen molar-refractivity contribution in [2.24, 2.45) is 0 Å². The van der Waals surface area contributed by atoms with E-state index in [4.69, 9.17) is 0 Å². The topological polar surface area (TPSA) is 21.1 Å². The van der Waals surface area contributed by atoms with Crippen LogP contribution in [0.25, 0.3) is 0 Å². The summed E-state index contributed by atoms with van der Waals surface area (Å²) in [5.41, 5.74) is 1.12. The number of anilines is 1. The monoisotopic (exact) mass is 151 g/mol. The standard InChI is InChI=1S/C8H13N3/c1-7-6-8-10(2)4-3-5-11(8)9-7/h6H,3-5H2,1-2H3. The molecule has 2 heterocycles. The predicted octanol–water partition coefficient (Wildman–Crippen LogP) is 1.03. The van der Waals surface area contributed by atoms with E-state index < -0.39 is 0 Å². The second-order valence-corrected chi connectivity index (χ2v) is 3.14. The first-order chi connectivity index (χ1) is 5.27. The van der Waals surface area contributed by atoms with Crippen LogP contribution in [0.15, 0.2) is 6.07 Å². The molecule has 0 spiro atoms. The third-order valence-corrected chi connectivity index (χ3v) is 2.14. The van der Waals surface area contributed by atoms with Crippen molar-refractivity contribution in [2.45, 2.75) is 19.9 Å². The van der Waals surface area contributed by atoms with Crippen LogP contribution in [0.3, 0.4) is 0 Å². The molecule has 0 bridgehead atoms. The van der Waals surface area contributed by atoms with Gasteiger partial charge >= 0.3 is 0 Å². The molecule has 0 fully saturated rings. The third kappa shape index (κ3) is 1.00. The molecular formula is C8H13N3. The van der Waals surface area contributed by atoms with Crippen molar-refractivity contribution in [2.75, 3.05) is 18.5 Å². The maximum Gasteiger partial charge on any atom is 0.126 e. The Balaban J connectivity index is 2.43. The summed E-state index contributed by atoms with van der Waals surface area (Å²) in [6.45, 7) is 4.28. The molecule has 60 valence electrons. The molecule has 0 aromatic carbocycles. The first-order valence-corrected chi connectivity index (χ1v) is 4.03. The molecule has 0 radical (unpaired) electrons. The van der Waals surface area contributed by atoms with Gasteiger partial charge in [-0.15, -0.1) is 0 Å². The molecule has 0 saturated carbocycles. The highest BCUT2D eigenvalue weighted by Gasteiger charge is 2.13. The van der Waals surface area contributed by atoms with E-state index in [9.17, 15) is 0 Å². The van der Waals surface area contributed by atoms with Crippen LogP contribution in [-0.2, 0) is 6.54 Å². The van der Waals surface area contributed by atoms with E-state index in [2.05, 4.69) is 27.8 Å². The lowest BCUT2D eigenvalue weighted by atomic mass is 10.3. The first-order valence-electron chi connectivity index (χ1n) is 4.03. The molecule has 3 heteroatoms. The number of hydrogen-bond acceptors (Lipinski definition) is 2. The van der Waals surface area contributed by atoms with Gasteiger partial charge in [0.05, 0.1) is 5.69 Å². The van der Waals surface area contributed by atoms with Crippen LogP contribution < -0.4 is 4.90 Å². The van der Waals surface area contributed by atoms with E-state index in [-0.39, 0.29) is 0 Å². The maximum absolute atomic E-state index is 4.38. The third-order valence-electron chi connectivity index (χ3n) is 2.14. The Kier molecular flexibility index (Phi) is 1.37. The Hall–Kier alpha value is -0.990. The van der Waals surface area contributed by atoms with Gasteiger partial charge in [0.15, 0.2) is 0 Å². The Morgan fingerprint density at radius 2 is 2.27 bits per heavy atom. The number of rotatable bonds is 0. The summed E-state index contributed by atoms with van der Waals surface area (Å²) in [5.74, 6) is 1.26. The molecule has 1 aromatic heterocycles. The van der Waals surface area contributed by atoms with Crippen molar-refractivity contribution in [1.29, 1.82) is 0 Å². The van der Waals surface area contributed by atoms with E-state index in [1.165, 1.54) is 12.2 Å². The number of nitrogens with zero attached hydrogens (tertiary/aromatic N) is 3. The van der Waals surface area contributed by atoms with Gasteiger partial charge in [-0.1, -0.05) is 0 Å². The summed E-state index contributed by atoms with van der Waals surface area (Å²) < 4.78 is 2.08. The minimum Gasteiger partial charge on any atom is -0.360 e. The highest BCUT2D eigenvalue weighted by molar-refractivity contribution is 5.40. The molecule has 0 unspecified atom stereocenters. The summed E-state index contributed by atoms with van der Waals surface area (Å²) in [4.78, 5) is 2.25. The first kappa shape index (κ1) is 6.70. The second kappa shape index (κ2) is 2.26. The van der Waals surface area contributed by atoms with Gasteiger partial charge in [0.2, 0.25) is 0 Å². The summed E-state index contributed by atoms with van der Waals surface area (Å²) in [7, 11) is 2.12. The highest BCUT2D eigenvalue weighted by Crippen LogP contribution is 2.19. The van der Waals surface area contributed by atoms with Crippen LogP contribution in [0.2, 0.25) is 0 Å². The Morgan fingerprint density at radius 3 is 3.00 bits per heavy atom. The molecule has 0 N–H and O–H groups in total. The van der Waals surface area contributed by atoms with Gasteiger partial charge in [0.1, 0.15) is 5.82 Å². The average molecular weight is 151 g/mol. The van der Waals surface area contributed by atoms with Crippen LogP contribution in [-0.4, -0.2) is 23.4 Å². The molecule has 11 heavy (non-hydrogen) atoms. The minimum absolute atomic E-state index is 1.08. The Labute approximate surface area is 66.6 Å². The largest absolute Gasteiger partial charge is 0.360 e. The van der Waals surface area contributed by atoms with Crippen molar-refractivity contribution < 1.29 is 0 Å². The van der Waals surface area contributed by atoms with Gasteiger partial charge in [-0.3, -0.25) is 0 Å². The van der Waals surface area contributed by atoms with Crippen molar-refractivity contribution in [3.8, 4) is 0 Å². The fourth-order valence-electron chi connectivity index (χ4n) is 1.58. The molecule has 2 rings (SSSR count). The molecule has 0 amide bonds. The van der Waals surface area contributed by atoms with Crippen molar-refractivity contribution in [3.63, 3.8) is 0 Å². The van der Waals surface area contributed by atoms with Crippen molar-refractivity contribution in [1.82, 2.24) is 9.78 Å². The number of fused-ring (bicyclic) bond motifs is 1. The predicted molar refractivity (Wildman–Crippen MR) is 44.9 cm³/mol. The maximum atomic E-state index is 4.38. The van der Waals surface area contributed by atoms with Gasteiger partial charge in [0, 0.05) is 26.2 Å². The van der Waals surface area contributed by atoms with Crippen molar-refractivity contribution >= 4 is 5.82 Å². The fourth-order valence-corrected chi connectivity index (χ4v) is 1.58. The number of aryl methyl sites for hydroxylation is 2. The Bertz CT molecular complexity index is 264. The smallest absolute Gasteiger partial charge is 0.126 e. The zero-order chi connectivity index (χ0) is 7.84. The SMILES string of the molecule is Cc1cc2n(n1)CCCN2C. The summed E-state index contributed by atoms with van der Waals surface area (Å²) >= 11 is 0. The van der Waals surface area contributed by atoms with Gasteiger partial charge in [0.25, 0.3) is 0 Å². The van der Waals surface area contributed by atoms with Gasteiger partial charge < -0.3 is 4.90 Å². The van der Waals surface area contributed by atoms with Crippen LogP contribution in [0.4, 0.5) is 5.82 Å². The van der Waals surface area contributed by atoms with Crippen LogP contribution in [0, 0.1) is 6.92 Å². The van der Waals surface area contributed by atoms with E-state index in [1.807, 2.05) is 6.92 Å². The summed E-state index contributed by atoms with van der Waals surface area (Å²) in [6, 6.07) is 2.14. The van der Waals surface area contributed by atoms with Crippen LogP contribution in [0.1, 0.15) is 12.1 Å². The van der Waals surface area contributed by atoms with Crippen LogP contribution >= 0.6 is 0 Å². The summed E-state index contributed by atoms with van der Waals surface area (Å²) in [6.07, 6.45) is 1.21. The van der Waals surface area contributed by atoms with Gasteiger partial charge in [-0.05, 0) is 13.3 Å². The average Bonchev–Trinajstić information content (AvgIpc) is 2.31. The molecule has 1 aliphatic heterocycles. The number of hydrogen-bond donors (Lipinski definition) is 0. The van der Waals surface area contributed by atoms with E-state index in [1.54, 1.807) is 0 Å². The quantitative estimate of drug-likeness (QED) is 0.552. The van der Waals surface area contributed by atoms with E-state index in [0.29, 0.717) is 0 Å². The van der Waals surface area contributed by atoms with Crippen molar-refractivity contribution in [3.05, 3.63) is 11.8 Å². The minimum atomic E-state index is 1.08. The van der Waals surface area contributed by atoms with Gasteiger partial charge in [-0.25, -0.2) is 4.68 Å². The zero-order valence-electron chi connectivity index (χ0n) is 7.04. The zero-order valence-corrected chi connectivity index (χ0v) is 7.04. The highest BCUT2D eigenvalue weighted by atomic mass is 15.4. The van der Waals surface area contributed by atoms with E-state index >= 15 is 0 Å². The van der Waals surface area contributed by atoms with Gasteiger partial charge in [-0.2, -0.15) is 5.10 Å². The molecule has 1 aliphatic rings. The summed E-state index contributed by atoms with van der Waals surface area (Å²) in [5, 5.41) is 4.38. The lowest BCUT2D eigenvalue weighted by Gasteiger charge is -2.24. The Morgan fingerprint density at radius 1 is 1.45 bits per heavy atom. The normalized spacial score (nSPS) is 16.7. The van der Waals surface area contributed by atoms with Crippen LogP contribution in [0.5, 0.6) is 0 Å². The van der Waals surface area contributed by atoms with E-state index in [0.717, 1.165) is 18.8 Å². The fraction of sp³-hybridized carbons (Fsp3) is 0.625. The molecule has 0 aliphatic carbocycles. The second-order valence-electron chi connectivity index (χ2n) is 3.14. The lowest BCUT2D eigenvalue weighted by Crippen LogP contribution is -2.27. The lowest BCUT2D eigenvalue weighted by molar-refractivity contribution is 0.531. The molecule has 3 nitrogen and oxygen atoms in total. The molecule has 0 atom stereocenters. The number of aromatic nitrogens is 2. The molecular weight excluding hydrogens is 138 g/mol. The molecule has 0 saturated heterocycles. The molecule has 1 aromatic rings.